The fourth-order valence-electron chi connectivity index (χ4n) is 3.99. The van der Waals surface area contributed by atoms with Crippen molar-refractivity contribution in [2.45, 2.75) is 13.5 Å². The number of aryl methyl sites for hydroxylation is 1. The van der Waals surface area contributed by atoms with E-state index in [4.69, 9.17) is 10.7 Å². The van der Waals surface area contributed by atoms with E-state index in [0.717, 1.165) is 28.2 Å². The molecule has 2 heterocycles. The number of hydrogen-bond donors (Lipinski definition) is 4. The molecule has 0 saturated heterocycles. The minimum atomic E-state index is -0.462. The van der Waals surface area contributed by atoms with Crippen LogP contribution in [0.15, 0.2) is 77.9 Å². The monoisotopic (exact) mass is 466 g/mol. The van der Waals surface area contributed by atoms with Crippen LogP contribution in [0.1, 0.15) is 22.5 Å². The molecule has 0 aliphatic carbocycles. The highest BCUT2D eigenvalue weighted by Crippen LogP contribution is 2.34. The maximum atomic E-state index is 11.4. The maximum Gasteiger partial charge on any atom is 0.270 e. The zero-order valence-corrected chi connectivity index (χ0v) is 18.8. The standard InChI is InChI=1S/C26H22N6O3/c1-15-28-14-23(29-15)17-6-8-19(9-7-17)30-25(18-4-2-16(13-27)3-5-18)24-21-12-20(32(34)35)10-11-22(21)31-26(24)33/h2-12,14,31,33H,13,27H2,1H3,(H,28,29). The summed E-state index contributed by atoms with van der Waals surface area (Å²) in [5, 5.41) is 22.7. The van der Waals surface area contributed by atoms with E-state index in [1.807, 2.05) is 55.5 Å². The third kappa shape index (κ3) is 4.28. The number of H-pyrrole nitrogens is 2. The average Bonchev–Trinajstić information content (AvgIpc) is 3.45. The number of nitro benzene ring substituents is 1. The molecule has 0 amide bonds. The van der Waals surface area contributed by atoms with Crippen LogP contribution in [0, 0.1) is 17.0 Å². The van der Waals surface area contributed by atoms with Crippen molar-refractivity contribution in [3.63, 3.8) is 0 Å². The van der Waals surface area contributed by atoms with Crippen molar-refractivity contribution in [3.8, 4) is 17.1 Å². The summed E-state index contributed by atoms with van der Waals surface area (Å²) in [6, 6.07) is 19.5. The van der Waals surface area contributed by atoms with Gasteiger partial charge in [0.05, 0.1) is 33.8 Å². The predicted octanol–water partition coefficient (Wildman–Crippen LogP) is 5.11. The van der Waals surface area contributed by atoms with Gasteiger partial charge in [-0.05, 0) is 36.2 Å². The molecule has 2 aromatic heterocycles. The molecule has 0 fully saturated rings. The first-order chi connectivity index (χ1) is 16.9. The second-order valence-electron chi connectivity index (χ2n) is 8.13. The Kier molecular flexibility index (Phi) is 5.60. The molecule has 0 spiro atoms. The first kappa shape index (κ1) is 22.1. The maximum absolute atomic E-state index is 11.4. The molecule has 174 valence electrons. The van der Waals surface area contributed by atoms with Crippen molar-refractivity contribution in [2.24, 2.45) is 10.7 Å². The third-order valence-electron chi connectivity index (χ3n) is 5.80. The molecule has 5 rings (SSSR count). The Morgan fingerprint density at radius 1 is 1.09 bits per heavy atom. The van der Waals surface area contributed by atoms with Crippen molar-refractivity contribution in [3.05, 3.63) is 106 Å². The van der Waals surface area contributed by atoms with Crippen LogP contribution in [0.25, 0.3) is 22.2 Å². The van der Waals surface area contributed by atoms with Crippen LogP contribution in [0.4, 0.5) is 11.4 Å². The van der Waals surface area contributed by atoms with Gasteiger partial charge in [0.2, 0.25) is 0 Å². The number of nitro groups is 1. The van der Waals surface area contributed by atoms with E-state index in [-0.39, 0.29) is 11.6 Å². The molecule has 35 heavy (non-hydrogen) atoms. The molecule has 0 radical (unpaired) electrons. The lowest BCUT2D eigenvalue weighted by molar-refractivity contribution is -0.384. The first-order valence-corrected chi connectivity index (χ1v) is 10.9. The number of aromatic nitrogens is 3. The van der Waals surface area contributed by atoms with Crippen LogP contribution in [0.3, 0.4) is 0 Å². The quantitative estimate of drug-likeness (QED) is 0.156. The summed E-state index contributed by atoms with van der Waals surface area (Å²) in [5.41, 5.74) is 11.3. The Morgan fingerprint density at radius 3 is 2.46 bits per heavy atom. The van der Waals surface area contributed by atoms with Crippen LogP contribution in [-0.4, -0.2) is 30.7 Å². The largest absolute Gasteiger partial charge is 0.494 e. The van der Waals surface area contributed by atoms with Gasteiger partial charge in [-0.3, -0.25) is 10.1 Å². The Labute approximate surface area is 200 Å². The zero-order valence-electron chi connectivity index (χ0n) is 18.8. The Bertz CT molecular complexity index is 1560. The summed E-state index contributed by atoms with van der Waals surface area (Å²) < 4.78 is 0. The molecule has 0 saturated carbocycles. The predicted molar refractivity (Wildman–Crippen MR) is 135 cm³/mol. The minimum absolute atomic E-state index is 0.0743. The number of aromatic amines is 2. The molecule has 0 bridgehead atoms. The number of imidazole rings is 1. The van der Waals surface area contributed by atoms with Gasteiger partial charge >= 0.3 is 0 Å². The minimum Gasteiger partial charge on any atom is -0.494 e. The molecule has 9 nitrogen and oxygen atoms in total. The number of benzene rings is 3. The van der Waals surface area contributed by atoms with E-state index in [0.29, 0.717) is 34.4 Å². The summed E-state index contributed by atoms with van der Waals surface area (Å²) in [6.45, 7) is 2.29. The van der Waals surface area contributed by atoms with Gasteiger partial charge in [-0.25, -0.2) is 9.98 Å². The molecule has 0 unspecified atom stereocenters. The van der Waals surface area contributed by atoms with Crippen LogP contribution in [-0.2, 0) is 6.54 Å². The van der Waals surface area contributed by atoms with Crippen molar-refractivity contribution in [2.75, 3.05) is 0 Å². The summed E-state index contributed by atoms with van der Waals surface area (Å²) in [7, 11) is 0. The molecular weight excluding hydrogens is 444 g/mol. The number of fused-ring (bicyclic) bond motifs is 1. The normalized spacial score (nSPS) is 11.8. The molecule has 5 N–H and O–H groups in total. The number of rotatable bonds is 6. The molecular formula is C26H22N6O3. The van der Waals surface area contributed by atoms with Gasteiger partial charge < -0.3 is 20.8 Å². The van der Waals surface area contributed by atoms with Crippen LogP contribution in [0.5, 0.6) is 5.88 Å². The van der Waals surface area contributed by atoms with Crippen molar-refractivity contribution >= 4 is 28.0 Å². The number of nitrogens with one attached hydrogen (secondary N) is 2. The fourth-order valence-corrected chi connectivity index (χ4v) is 3.99. The lowest BCUT2D eigenvalue weighted by Crippen LogP contribution is -2.04. The highest BCUT2D eigenvalue weighted by Gasteiger charge is 2.21. The molecule has 0 atom stereocenters. The van der Waals surface area contributed by atoms with Crippen molar-refractivity contribution in [1.82, 2.24) is 15.0 Å². The van der Waals surface area contributed by atoms with Crippen LogP contribution in [0.2, 0.25) is 0 Å². The van der Waals surface area contributed by atoms with E-state index < -0.39 is 4.92 Å². The Balaban J connectivity index is 1.67. The van der Waals surface area contributed by atoms with Crippen LogP contribution < -0.4 is 5.73 Å². The van der Waals surface area contributed by atoms with Gasteiger partial charge in [-0.15, -0.1) is 0 Å². The second-order valence-corrected chi connectivity index (χ2v) is 8.13. The molecule has 0 aliphatic heterocycles. The van der Waals surface area contributed by atoms with Gasteiger partial charge in [-0.1, -0.05) is 36.4 Å². The lowest BCUT2D eigenvalue weighted by Gasteiger charge is -2.09. The van der Waals surface area contributed by atoms with E-state index in [9.17, 15) is 15.2 Å². The average molecular weight is 467 g/mol. The number of nitrogens with zero attached hydrogens (tertiary/aromatic N) is 3. The number of non-ortho nitro benzene ring substituents is 1. The molecule has 3 aromatic carbocycles. The highest BCUT2D eigenvalue weighted by atomic mass is 16.6. The van der Waals surface area contributed by atoms with E-state index in [2.05, 4.69) is 15.0 Å². The molecule has 5 aromatic rings. The van der Waals surface area contributed by atoms with Gasteiger partial charge in [0, 0.05) is 35.1 Å². The van der Waals surface area contributed by atoms with E-state index in [1.54, 1.807) is 12.3 Å². The molecule has 9 heteroatoms. The van der Waals surface area contributed by atoms with Gasteiger partial charge in [0.25, 0.3) is 5.69 Å². The SMILES string of the molecule is Cc1ncc(-c2ccc(N=C(c3ccc(CN)cc3)c3c(O)[nH]c4ccc([N+](=O)[O-])cc34)cc2)[nH]1. The first-order valence-electron chi connectivity index (χ1n) is 10.9. The summed E-state index contributed by atoms with van der Waals surface area (Å²) in [4.78, 5) is 26.1. The number of nitrogens with two attached hydrogens (primary N) is 1. The number of hydrogen-bond acceptors (Lipinski definition) is 6. The van der Waals surface area contributed by atoms with Crippen molar-refractivity contribution in [1.29, 1.82) is 0 Å². The number of aromatic hydroxyl groups is 1. The Hall–Kier alpha value is -4.76. The third-order valence-corrected chi connectivity index (χ3v) is 5.80. The zero-order chi connectivity index (χ0) is 24.5. The van der Waals surface area contributed by atoms with E-state index in [1.165, 1.54) is 12.1 Å². The summed E-state index contributed by atoms with van der Waals surface area (Å²) in [6.07, 6.45) is 1.77. The fraction of sp³-hybridized carbons (Fsp3) is 0.0769. The van der Waals surface area contributed by atoms with Gasteiger partial charge in [0.1, 0.15) is 5.82 Å². The number of aliphatic imine (C=N–C) groups is 1. The second kappa shape index (κ2) is 8.88. The smallest absolute Gasteiger partial charge is 0.270 e. The highest BCUT2D eigenvalue weighted by molar-refractivity contribution is 6.22. The molecule has 0 aliphatic rings. The topological polar surface area (TPSA) is 146 Å². The summed E-state index contributed by atoms with van der Waals surface area (Å²) >= 11 is 0. The van der Waals surface area contributed by atoms with Crippen LogP contribution >= 0.6 is 0 Å². The van der Waals surface area contributed by atoms with Crippen molar-refractivity contribution < 1.29 is 10.0 Å². The van der Waals surface area contributed by atoms with E-state index >= 15 is 0 Å². The summed E-state index contributed by atoms with van der Waals surface area (Å²) in [5.74, 6) is 0.709. The van der Waals surface area contributed by atoms with Gasteiger partial charge in [-0.2, -0.15) is 0 Å². The van der Waals surface area contributed by atoms with Gasteiger partial charge in [0.15, 0.2) is 5.88 Å². The Morgan fingerprint density at radius 2 is 1.83 bits per heavy atom. The lowest BCUT2D eigenvalue weighted by atomic mass is 9.99.